The molecular weight excluding hydrogens is 269 g/mol. The lowest BCUT2D eigenvalue weighted by Crippen LogP contribution is -2.12. The van der Waals surface area contributed by atoms with E-state index in [9.17, 15) is 18.0 Å². The molecule has 0 atom stereocenters. The van der Waals surface area contributed by atoms with E-state index in [0.29, 0.717) is 0 Å². The van der Waals surface area contributed by atoms with Gasteiger partial charge in [-0.15, -0.1) is 0 Å². The van der Waals surface area contributed by atoms with E-state index in [0.717, 1.165) is 24.3 Å². The summed E-state index contributed by atoms with van der Waals surface area (Å²) in [7, 11) is 0. The molecule has 0 saturated heterocycles. The number of carbonyl (C=O) groups is 1. The first-order valence-electron chi connectivity index (χ1n) is 5.74. The fourth-order valence-electron chi connectivity index (χ4n) is 1.67. The molecule has 0 saturated carbocycles. The summed E-state index contributed by atoms with van der Waals surface area (Å²) in [5, 5.41) is 2.59. The van der Waals surface area contributed by atoms with Crippen LogP contribution in [0.25, 0.3) is 0 Å². The van der Waals surface area contributed by atoms with Crippen LogP contribution in [-0.2, 0) is 6.54 Å². The molecular formula is C14H11F3N2O. The van der Waals surface area contributed by atoms with Crippen molar-refractivity contribution < 1.29 is 18.0 Å². The minimum Gasteiger partial charge on any atom is -0.378 e. The van der Waals surface area contributed by atoms with Gasteiger partial charge in [-0.25, -0.2) is 13.2 Å². The van der Waals surface area contributed by atoms with Gasteiger partial charge in [-0.3, -0.25) is 4.79 Å². The van der Waals surface area contributed by atoms with Gasteiger partial charge in [-0.05, 0) is 30.3 Å². The van der Waals surface area contributed by atoms with Crippen LogP contribution in [0.1, 0.15) is 15.9 Å². The Bertz CT molecular complexity index is 659. The Kier molecular flexibility index (Phi) is 3.93. The van der Waals surface area contributed by atoms with E-state index in [2.05, 4.69) is 5.32 Å². The number of anilines is 1. The minimum atomic E-state index is -0.736. The molecule has 0 spiro atoms. The molecule has 0 bridgehead atoms. The van der Waals surface area contributed by atoms with Gasteiger partial charge in [0.15, 0.2) is 0 Å². The third-order valence-electron chi connectivity index (χ3n) is 2.74. The number of amides is 1. The summed E-state index contributed by atoms with van der Waals surface area (Å²) in [5.41, 5.74) is 5.21. The van der Waals surface area contributed by atoms with Crippen molar-refractivity contribution in [1.82, 2.24) is 0 Å². The van der Waals surface area contributed by atoms with Gasteiger partial charge in [0.25, 0.3) is 0 Å². The second kappa shape index (κ2) is 5.64. The van der Waals surface area contributed by atoms with Gasteiger partial charge in [-0.1, -0.05) is 6.07 Å². The van der Waals surface area contributed by atoms with Crippen molar-refractivity contribution in [3.63, 3.8) is 0 Å². The highest BCUT2D eigenvalue weighted by molar-refractivity contribution is 5.92. The van der Waals surface area contributed by atoms with Crippen LogP contribution in [0.2, 0.25) is 0 Å². The van der Waals surface area contributed by atoms with Crippen LogP contribution in [0.3, 0.4) is 0 Å². The Hall–Kier alpha value is -2.50. The summed E-state index contributed by atoms with van der Waals surface area (Å²) < 4.78 is 40.0. The summed E-state index contributed by atoms with van der Waals surface area (Å²) in [6.45, 7) is -0.0503. The van der Waals surface area contributed by atoms with Crippen molar-refractivity contribution in [1.29, 1.82) is 0 Å². The quantitative estimate of drug-likeness (QED) is 0.904. The van der Waals surface area contributed by atoms with Crippen molar-refractivity contribution in [2.45, 2.75) is 6.54 Å². The number of primary amides is 1. The van der Waals surface area contributed by atoms with E-state index in [-0.39, 0.29) is 23.4 Å². The molecule has 3 N–H and O–H groups in total. The fraction of sp³-hybridized carbons (Fsp3) is 0.0714. The molecule has 0 aliphatic heterocycles. The normalized spacial score (nSPS) is 10.3. The van der Waals surface area contributed by atoms with E-state index < -0.39 is 23.4 Å². The number of benzene rings is 2. The predicted molar refractivity (Wildman–Crippen MR) is 68.6 cm³/mol. The number of hydrogen-bond acceptors (Lipinski definition) is 2. The SMILES string of the molecule is NC(=O)c1ccc(CNc2cc(F)ccc2F)c(F)c1. The largest absolute Gasteiger partial charge is 0.378 e. The van der Waals surface area contributed by atoms with Crippen LogP contribution in [0, 0.1) is 17.5 Å². The standard InChI is InChI=1S/C14H11F3N2O/c15-10-3-4-11(16)13(6-10)19-7-9-2-1-8(14(18)20)5-12(9)17/h1-6,19H,7H2,(H2,18,20). The number of halogens is 3. The first-order valence-corrected chi connectivity index (χ1v) is 5.74. The highest BCUT2D eigenvalue weighted by atomic mass is 19.1. The van der Waals surface area contributed by atoms with E-state index in [1.807, 2.05) is 0 Å². The van der Waals surface area contributed by atoms with E-state index in [1.54, 1.807) is 0 Å². The van der Waals surface area contributed by atoms with Gasteiger partial charge >= 0.3 is 0 Å². The molecule has 0 aliphatic carbocycles. The van der Waals surface area contributed by atoms with Crippen molar-refractivity contribution >= 4 is 11.6 Å². The average Bonchev–Trinajstić information content (AvgIpc) is 2.40. The maximum Gasteiger partial charge on any atom is 0.248 e. The van der Waals surface area contributed by atoms with Crippen LogP contribution in [0.5, 0.6) is 0 Å². The van der Waals surface area contributed by atoms with Crippen molar-refractivity contribution in [3.8, 4) is 0 Å². The second-order valence-electron chi connectivity index (χ2n) is 4.15. The molecule has 0 aromatic heterocycles. The Labute approximate surface area is 113 Å². The zero-order chi connectivity index (χ0) is 14.7. The predicted octanol–water partition coefficient (Wildman–Crippen LogP) is 2.81. The molecule has 3 nitrogen and oxygen atoms in total. The molecule has 6 heteroatoms. The topological polar surface area (TPSA) is 55.1 Å². The highest BCUT2D eigenvalue weighted by Crippen LogP contribution is 2.17. The van der Waals surface area contributed by atoms with Gasteiger partial charge < -0.3 is 11.1 Å². The molecule has 0 unspecified atom stereocenters. The lowest BCUT2D eigenvalue weighted by atomic mass is 10.1. The number of nitrogens with one attached hydrogen (secondary N) is 1. The fourth-order valence-corrected chi connectivity index (χ4v) is 1.67. The maximum absolute atomic E-state index is 13.7. The Morgan fingerprint density at radius 1 is 1.05 bits per heavy atom. The van der Waals surface area contributed by atoms with E-state index >= 15 is 0 Å². The molecule has 2 aromatic carbocycles. The van der Waals surface area contributed by atoms with Crippen LogP contribution in [0.15, 0.2) is 36.4 Å². The van der Waals surface area contributed by atoms with Crippen molar-refractivity contribution in [2.24, 2.45) is 5.73 Å². The van der Waals surface area contributed by atoms with Crippen LogP contribution in [0.4, 0.5) is 18.9 Å². The Morgan fingerprint density at radius 2 is 1.80 bits per heavy atom. The Balaban J connectivity index is 2.15. The minimum absolute atomic E-state index is 0.0446. The van der Waals surface area contributed by atoms with E-state index in [1.165, 1.54) is 12.1 Å². The first-order chi connectivity index (χ1) is 9.47. The molecule has 20 heavy (non-hydrogen) atoms. The van der Waals surface area contributed by atoms with Gasteiger partial charge in [0.05, 0.1) is 5.69 Å². The Morgan fingerprint density at radius 3 is 2.45 bits per heavy atom. The average molecular weight is 280 g/mol. The number of rotatable bonds is 4. The lowest BCUT2D eigenvalue weighted by Gasteiger charge is -2.09. The molecule has 2 aromatic rings. The third kappa shape index (κ3) is 3.09. The summed E-state index contributed by atoms with van der Waals surface area (Å²) in [6.07, 6.45) is 0. The third-order valence-corrected chi connectivity index (χ3v) is 2.74. The summed E-state index contributed by atoms with van der Waals surface area (Å²) in [5.74, 6) is -2.62. The van der Waals surface area contributed by atoms with Crippen LogP contribution in [-0.4, -0.2) is 5.91 Å². The van der Waals surface area contributed by atoms with E-state index in [4.69, 9.17) is 5.73 Å². The molecule has 1 amide bonds. The van der Waals surface area contributed by atoms with Crippen LogP contribution < -0.4 is 11.1 Å². The molecule has 2 rings (SSSR count). The molecule has 0 heterocycles. The molecule has 104 valence electrons. The number of nitrogens with two attached hydrogens (primary N) is 1. The zero-order valence-electron chi connectivity index (χ0n) is 10.3. The zero-order valence-corrected chi connectivity index (χ0v) is 10.3. The van der Waals surface area contributed by atoms with Gasteiger partial charge in [0.2, 0.25) is 5.91 Å². The maximum atomic E-state index is 13.7. The van der Waals surface area contributed by atoms with Crippen molar-refractivity contribution in [2.75, 3.05) is 5.32 Å². The molecule has 0 fully saturated rings. The lowest BCUT2D eigenvalue weighted by molar-refractivity contribution is 0.1000. The van der Waals surface area contributed by atoms with Gasteiger partial charge in [0, 0.05) is 17.7 Å². The van der Waals surface area contributed by atoms with Gasteiger partial charge in [0.1, 0.15) is 17.5 Å². The van der Waals surface area contributed by atoms with Crippen LogP contribution >= 0.6 is 0 Å². The first kappa shape index (κ1) is 13.9. The number of hydrogen-bond donors (Lipinski definition) is 2. The van der Waals surface area contributed by atoms with Crippen molar-refractivity contribution in [3.05, 3.63) is 65.0 Å². The monoisotopic (exact) mass is 280 g/mol. The summed E-state index contributed by atoms with van der Waals surface area (Å²) in [6, 6.07) is 6.67. The highest BCUT2D eigenvalue weighted by Gasteiger charge is 2.08. The smallest absolute Gasteiger partial charge is 0.248 e. The molecule has 0 aliphatic rings. The summed E-state index contributed by atoms with van der Waals surface area (Å²) in [4.78, 5) is 10.9. The van der Waals surface area contributed by atoms with Gasteiger partial charge in [-0.2, -0.15) is 0 Å². The second-order valence-corrected chi connectivity index (χ2v) is 4.15. The molecule has 0 radical (unpaired) electrons. The summed E-state index contributed by atoms with van der Waals surface area (Å²) >= 11 is 0. The number of carbonyl (C=O) groups excluding carboxylic acids is 1.